The Kier molecular flexibility index (Phi) is 4.28. The summed E-state index contributed by atoms with van der Waals surface area (Å²) in [7, 11) is 0. The van der Waals surface area contributed by atoms with Crippen molar-refractivity contribution in [3.63, 3.8) is 0 Å². The zero-order chi connectivity index (χ0) is 15.4. The largest absolute Gasteiger partial charge is 0.493 e. The first kappa shape index (κ1) is 14.4. The highest BCUT2D eigenvalue weighted by atomic mass is 16.5. The van der Waals surface area contributed by atoms with Crippen LogP contribution in [0.4, 0.5) is 4.79 Å². The third-order valence-electron chi connectivity index (χ3n) is 3.91. The Bertz CT molecular complexity index is 643. The molecule has 0 spiro atoms. The Hall–Kier alpha value is -2.49. The topological polar surface area (TPSA) is 50.4 Å². The van der Waals surface area contributed by atoms with E-state index < -0.39 is 0 Å². The first-order valence-corrected chi connectivity index (χ1v) is 7.58. The molecule has 114 valence electrons. The van der Waals surface area contributed by atoms with Crippen LogP contribution in [0, 0.1) is 0 Å². The molecule has 0 aromatic heterocycles. The number of hydrogen-bond acceptors (Lipinski definition) is 2. The minimum atomic E-state index is -0.155. The smallest absolute Gasteiger partial charge is 0.315 e. The first-order chi connectivity index (χ1) is 10.7. The number of benzene rings is 2. The molecule has 1 aliphatic heterocycles. The molecule has 0 radical (unpaired) electrons. The number of nitrogens with one attached hydrogen (secondary N) is 2. The van der Waals surface area contributed by atoms with Crippen LogP contribution in [-0.4, -0.2) is 12.6 Å². The maximum absolute atomic E-state index is 12.2. The third kappa shape index (κ3) is 3.22. The number of fused-ring (bicyclic) bond motifs is 1. The van der Waals surface area contributed by atoms with Crippen molar-refractivity contribution < 1.29 is 9.53 Å². The highest BCUT2D eigenvalue weighted by Crippen LogP contribution is 2.31. The Morgan fingerprint density at radius 1 is 1.14 bits per heavy atom. The molecule has 0 fully saturated rings. The van der Waals surface area contributed by atoms with Gasteiger partial charge in [-0.3, -0.25) is 0 Å². The van der Waals surface area contributed by atoms with Gasteiger partial charge in [0.25, 0.3) is 0 Å². The van der Waals surface area contributed by atoms with Gasteiger partial charge < -0.3 is 15.4 Å². The molecule has 22 heavy (non-hydrogen) atoms. The van der Waals surface area contributed by atoms with Gasteiger partial charge in [-0.1, -0.05) is 48.5 Å². The van der Waals surface area contributed by atoms with Crippen LogP contribution >= 0.6 is 0 Å². The molecule has 1 aliphatic rings. The van der Waals surface area contributed by atoms with Crippen molar-refractivity contribution >= 4 is 6.03 Å². The monoisotopic (exact) mass is 296 g/mol. The van der Waals surface area contributed by atoms with Gasteiger partial charge in [0.15, 0.2) is 0 Å². The van der Waals surface area contributed by atoms with Crippen LogP contribution in [0.3, 0.4) is 0 Å². The van der Waals surface area contributed by atoms with E-state index in [-0.39, 0.29) is 18.1 Å². The van der Waals surface area contributed by atoms with Crippen LogP contribution in [0.1, 0.15) is 36.6 Å². The molecule has 0 saturated heterocycles. The number of urea groups is 1. The second-order valence-corrected chi connectivity index (χ2v) is 5.48. The van der Waals surface area contributed by atoms with E-state index in [2.05, 4.69) is 10.6 Å². The molecule has 2 aromatic carbocycles. The van der Waals surface area contributed by atoms with Crippen molar-refractivity contribution in [2.75, 3.05) is 6.61 Å². The second-order valence-electron chi connectivity index (χ2n) is 5.48. The number of carbonyl (C=O) groups excluding carboxylic acids is 1. The minimum absolute atomic E-state index is 0.00655. The van der Waals surface area contributed by atoms with Gasteiger partial charge in [-0.05, 0) is 18.6 Å². The molecule has 2 aromatic rings. The maximum atomic E-state index is 12.2. The number of ether oxygens (including phenoxy) is 1. The summed E-state index contributed by atoms with van der Waals surface area (Å²) < 4.78 is 5.61. The fraction of sp³-hybridized carbons (Fsp3) is 0.278. The number of carbonyl (C=O) groups is 1. The molecule has 4 heteroatoms. The van der Waals surface area contributed by atoms with Crippen molar-refractivity contribution in [3.05, 3.63) is 65.7 Å². The Morgan fingerprint density at radius 2 is 1.86 bits per heavy atom. The third-order valence-corrected chi connectivity index (χ3v) is 3.91. The van der Waals surface area contributed by atoms with Crippen molar-refractivity contribution in [2.45, 2.75) is 25.4 Å². The van der Waals surface area contributed by atoms with Crippen LogP contribution in [0.25, 0.3) is 0 Å². The van der Waals surface area contributed by atoms with Gasteiger partial charge in [0.1, 0.15) is 5.75 Å². The molecule has 0 bridgehead atoms. The summed E-state index contributed by atoms with van der Waals surface area (Å²) in [5, 5.41) is 6.03. The lowest BCUT2D eigenvalue weighted by molar-refractivity contribution is 0.221. The summed E-state index contributed by atoms with van der Waals surface area (Å²) in [6.45, 7) is 2.60. The standard InChI is InChI=1S/C18H20N2O2/c1-13(14-7-3-2-4-8-14)19-18(21)20-16-11-12-22-17-10-6-5-9-15(16)17/h2-10,13,16H,11-12H2,1H3,(H2,19,20,21). The minimum Gasteiger partial charge on any atom is -0.493 e. The van der Waals surface area contributed by atoms with Crippen molar-refractivity contribution in [2.24, 2.45) is 0 Å². The first-order valence-electron chi connectivity index (χ1n) is 7.58. The molecule has 0 saturated carbocycles. The van der Waals surface area contributed by atoms with Crippen molar-refractivity contribution in [1.82, 2.24) is 10.6 Å². The maximum Gasteiger partial charge on any atom is 0.315 e. The van der Waals surface area contributed by atoms with Crippen molar-refractivity contribution in [3.8, 4) is 5.75 Å². The molecular weight excluding hydrogens is 276 g/mol. The summed E-state index contributed by atoms with van der Waals surface area (Å²) in [5.74, 6) is 0.857. The van der Waals surface area contributed by atoms with E-state index in [1.807, 2.05) is 61.5 Å². The predicted molar refractivity (Wildman–Crippen MR) is 85.8 cm³/mol. The second kappa shape index (κ2) is 6.52. The number of hydrogen-bond donors (Lipinski definition) is 2. The van der Waals surface area contributed by atoms with Gasteiger partial charge in [-0.25, -0.2) is 4.79 Å². The summed E-state index contributed by atoms with van der Waals surface area (Å²) >= 11 is 0. The van der Waals surface area contributed by atoms with Gasteiger partial charge in [0.05, 0.1) is 18.7 Å². The average Bonchev–Trinajstić information content (AvgIpc) is 2.56. The molecule has 0 aliphatic carbocycles. The van der Waals surface area contributed by atoms with Gasteiger partial charge in [-0.2, -0.15) is 0 Å². The van der Waals surface area contributed by atoms with E-state index in [4.69, 9.17) is 4.74 Å². The Balaban J connectivity index is 1.63. The van der Waals surface area contributed by atoms with Crippen LogP contribution in [0.5, 0.6) is 5.75 Å². The summed E-state index contributed by atoms with van der Waals surface area (Å²) in [5.41, 5.74) is 2.13. The van der Waals surface area contributed by atoms with Crippen LogP contribution < -0.4 is 15.4 Å². The van der Waals surface area contributed by atoms with Gasteiger partial charge in [0.2, 0.25) is 0 Å². The molecule has 1 heterocycles. The fourth-order valence-corrected chi connectivity index (χ4v) is 2.71. The number of rotatable bonds is 3. The average molecular weight is 296 g/mol. The SMILES string of the molecule is CC(NC(=O)NC1CCOc2ccccc21)c1ccccc1. The number of amides is 2. The van der Waals surface area contributed by atoms with E-state index in [1.165, 1.54) is 0 Å². The van der Waals surface area contributed by atoms with Gasteiger partial charge in [-0.15, -0.1) is 0 Å². The molecule has 4 nitrogen and oxygen atoms in total. The normalized spacial score (nSPS) is 17.8. The summed E-state index contributed by atoms with van der Waals surface area (Å²) in [6.07, 6.45) is 0.782. The van der Waals surface area contributed by atoms with E-state index in [0.29, 0.717) is 6.61 Å². The summed E-state index contributed by atoms with van der Waals surface area (Å²) in [4.78, 5) is 12.2. The van der Waals surface area contributed by atoms with Crippen molar-refractivity contribution in [1.29, 1.82) is 0 Å². The lowest BCUT2D eigenvalue weighted by Gasteiger charge is -2.27. The summed E-state index contributed by atoms with van der Waals surface area (Å²) in [6, 6.07) is 17.6. The van der Waals surface area contributed by atoms with Crippen LogP contribution in [0.15, 0.2) is 54.6 Å². The van der Waals surface area contributed by atoms with E-state index in [9.17, 15) is 4.79 Å². The highest BCUT2D eigenvalue weighted by molar-refractivity contribution is 5.75. The van der Waals surface area contributed by atoms with E-state index in [0.717, 1.165) is 23.3 Å². The predicted octanol–water partition coefficient (Wildman–Crippen LogP) is 3.57. The zero-order valence-corrected chi connectivity index (χ0v) is 12.6. The Morgan fingerprint density at radius 3 is 2.68 bits per heavy atom. The molecule has 2 amide bonds. The molecule has 3 rings (SSSR count). The quantitative estimate of drug-likeness (QED) is 0.909. The molecular formula is C18H20N2O2. The lowest BCUT2D eigenvalue weighted by atomic mass is 10.0. The van der Waals surface area contributed by atoms with Crippen LogP contribution in [-0.2, 0) is 0 Å². The molecule has 2 N–H and O–H groups in total. The van der Waals surface area contributed by atoms with Gasteiger partial charge in [0, 0.05) is 12.0 Å². The fourth-order valence-electron chi connectivity index (χ4n) is 2.71. The highest BCUT2D eigenvalue weighted by Gasteiger charge is 2.23. The Labute approximate surface area is 130 Å². The molecule has 2 atom stereocenters. The zero-order valence-electron chi connectivity index (χ0n) is 12.6. The number of para-hydroxylation sites is 1. The lowest BCUT2D eigenvalue weighted by Crippen LogP contribution is -2.40. The van der Waals surface area contributed by atoms with E-state index >= 15 is 0 Å². The van der Waals surface area contributed by atoms with Crippen LogP contribution in [0.2, 0.25) is 0 Å². The van der Waals surface area contributed by atoms with Gasteiger partial charge >= 0.3 is 6.03 Å². The van der Waals surface area contributed by atoms with E-state index in [1.54, 1.807) is 0 Å². The molecule has 2 unspecified atom stereocenters.